The summed E-state index contributed by atoms with van der Waals surface area (Å²) in [5.74, 6) is 0.292. The van der Waals surface area contributed by atoms with Crippen molar-refractivity contribution in [3.05, 3.63) is 34.8 Å². The first kappa shape index (κ1) is 24.1. The molecule has 7 nitrogen and oxygen atoms in total. The van der Waals surface area contributed by atoms with Gasteiger partial charge in [0.05, 0.1) is 5.92 Å². The molecule has 1 amide bonds. The first-order valence-electron chi connectivity index (χ1n) is 12.4. The van der Waals surface area contributed by atoms with Gasteiger partial charge >= 0.3 is 0 Å². The molecule has 0 saturated carbocycles. The molecule has 3 unspecified atom stereocenters. The van der Waals surface area contributed by atoms with E-state index < -0.39 is 6.23 Å². The minimum Gasteiger partial charge on any atom is -0.374 e. The molecule has 3 atom stereocenters. The molecule has 33 heavy (non-hydrogen) atoms. The van der Waals surface area contributed by atoms with Crippen LogP contribution in [0.4, 0.5) is 10.8 Å². The smallest absolute Gasteiger partial charge is 0.231 e. The Kier molecular flexibility index (Phi) is 8.33. The first-order chi connectivity index (χ1) is 16.0. The van der Waals surface area contributed by atoms with Crippen LogP contribution < -0.4 is 10.2 Å². The SMILES string of the molecule is CCC(C)CCc1nnc(NC(=O)C2CC(O)N(c3ccc(CN4CCCCC4)cc3)C2)s1. The zero-order chi connectivity index (χ0) is 23.2. The van der Waals surface area contributed by atoms with Crippen LogP contribution in [-0.4, -0.2) is 52.0 Å². The van der Waals surface area contributed by atoms with Crippen LogP contribution >= 0.6 is 11.3 Å². The molecular formula is C25H37N5O2S. The largest absolute Gasteiger partial charge is 0.374 e. The van der Waals surface area contributed by atoms with Gasteiger partial charge < -0.3 is 15.3 Å². The Morgan fingerprint density at radius 3 is 2.70 bits per heavy atom. The third kappa shape index (κ3) is 6.52. The van der Waals surface area contributed by atoms with Crippen LogP contribution in [0.2, 0.25) is 0 Å². The first-order valence-corrected chi connectivity index (χ1v) is 13.2. The quantitative estimate of drug-likeness (QED) is 0.568. The summed E-state index contributed by atoms with van der Waals surface area (Å²) in [7, 11) is 0. The molecular weight excluding hydrogens is 434 g/mol. The number of aromatic nitrogens is 2. The van der Waals surface area contributed by atoms with Crippen LogP contribution in [0.5, 0.6) is 0 Å². The van der Waals surface area contributed by atoms with Gasteiger partial charge in [-0.3, -0.25) is 9.69 Å². The molecule has 2 aliphatic heterocycles. The van der Waals surface area contributed by atoms with E-state index in [2.05, 4.69) is 58.5 Å². The van der Waals surface area contributed by atoms with Crippen LogP contribution in [0.1, 0.15) is 62.9 Å². The molecule has 2 aromatic rings. The minimum atomic E-state index is -0.658. The van der Waals surface area contributed by atoms with Crippen molar-refractivity contribution in [1.29, 1.82) is 0 Å². The summed E-state index contributed by atoms with van der Waals surface area (Å²) in [5.41, 5.74) is 2.26. The normalized spacial score (nSPS) is 22.5. The van der Waals surface area contributed by atoms with Gasteiger partial charge in [0.1, 0.15) is 11.2 Å². The number of amides is 1. The lowest BCUT2D eigenvalue weighted by molar-refractivity contribution is -0.119. The fourth-order valence-corrected chi connectivity index (χ4v) is 5.40. The number of piperidine rings is 1. The number of hydrogen-bond acceptors (Lipinski definition) is 7. The summed E-state index contributed by atoms with van der Waals surface area (Å²) in [5, 5.41) is 23.4. The average molecular weight is 472 g/mol. The van der Waals surface area contributed by atoms with Gasteiger partial charge in [-0.25, -0.2) is 0 Å². The number of benzene rings is 1. The third-order valence-electron chi connectivity index (χ3n) is 7.01. The van der Waals surface area contributed by atoms with E-state index in [9.17, 15) is 9.90 Å². The molecule has 1 aromatic heterocycles. The molecule has 3 heterocycles. The van der Waals surface area contributed by atoms with E-state index in [4.69, 9.17) is 0 Å². The second-order valence-corrected chi connectivity index (χ2v) is 10.7. The maximum atomic E-state index is 12.8. The minimum absolute atomic E-state index is 0.0945. The van der Waals surface area contributed by atoms with Crippen LogP contribution in [0.25, 0.3) is 0 Å². The number of anilines is 2. The number of carbonyl (C=O) groups excluding carboxylic acids is 1. The van der Waals surface area contributed by atoms with Crippen LogP contribution in [-0.2, 0) is 17.8 Å². The summed E-state index contributed by atoms with van der Waals surface area (Å²) in [6.07, 6.45) is 6.82. The van der Waals surface area contributed by atoms with Gasteiger partial charge in [0.25, 0.3) is 0 Å². The molecule has 1 aromatic carbocycles. The summed E-state index contributed by atoms with van der Waals surface area (Å²) in [6, 6.07) is 8.42. The van der Waals surface area contributed by atoms with Crippen molar-refractivity contribution in [1.82, 2.24) is 15.1 Å². The highest BCUT2D eigenvalue weighted by atomic mass is 32.1. The van der Waals surface area contributed by atoms with Crippen molar-refractivity contribution >= 4 is 28.1 Å². The molecule has 180 valence electrons. The standard InChI is InChI=1S/C25H37N5O2S/c1-3-18(2)7-12-22-27-28-25(33-22)26-24(32)20-15-23(31)30(17-20)21-10-8-19(9-11-21)16-29-13-5-4-6-14-29/h8-11,18,20,23,31H,3-7,12-17H2,1-2H3,(H,26,28,32). The summed E-state index contributed by atoms with van der Waals surface area (Å²) in [4.78, 5) is 17.2. The Labute approximate surface area is 201 Å². The van der Waals surface area contributed by atoms with Crippen LogP contribution in [0.3, 0.4) is 0 Å². The zero-order valence-electron chi connectivity index (χ0n) is 19.9. The predicted molar refractivity (Wildman–Crippen MR) is 133 cm³/mol. The fraction of sp³-hybridized carbons (Fsp3) is 0.640. The van der Waals surface area contributed by atoms with Gasteiger partial charge in [0.15, 0.2) is 0 Å². The highest BCUT2D eigenvalue weighted by molar-refractivity contribution is 7.15. The zero-order valence-corrected chi connectivity index (χ0v) is 20.7. The predicted octanol–water partition coefficient (Wildman–Crippen LogP) is 4.29. The second kappa shape index (κ2) is 11.4. The molecule has 4 rings (SSSR count). The lowest BCUT2D eigenvalue weighted by Crippen LogP contribution is -2.30. The van der Waals surface area contributed by atoms with Crippen LogP contribution in [0.15, 0.2) is 24.3 Å². The van der Waals surface area contributed by atoms with E-state index in [0.29, 0.717) is 24.0 Å². The van der Waals surface area contributed by atoms with Gasteiger partial charge in [0.2, 0.25) is 11.0 Å². The highest BCUT2D eigenvalue weighted by Gasteiger charge is 2.35. The monoisotopic (exact) mass is 471 g/mol. The van der Waals surface area contributed by atoms with Crippen molar-refractivity contribution < 1.29 is 9.90 Å². The number of likely N-dealkylation sites (tertiary alicyclic amines) is 1. The molecule has 2 fully saturated rings. The average Bonchev–Trinajstić information content (AvgIpc) is 3.45. The molecule has 2 N–H and O–H groups in total. The topological polar surface area (TPSA) is 81.6 Å². The van der Waals surface area contributed by atoms with E-state index in [1.54, 1.807) is 0 Å². The van der Waals surface area contributed by atoms with Gasteiger partial charge in [-0.05, 0) is 56.0 Å². The van der Waals surface area contributed by atoms with E-state index in [-0.39, 0.29) is 11.8 Å². The van der Waals surface area contributed by atoms with E-state index in [1.807, 2.05) is 4.90 Å². The van der Waals surface area contributed by atoms with Crippen LogP contribution in [0, 0.1) is 11.8 Å². The van der Waals surface area contributed by atoms with E-state index in [0.717, 1.165) is 36.5 Å². The molecule has 0 spiro atoms. The van der Waals surface area contributed by atoms with Crippen molar-refractivity contribution in [2.75, 3.05) is 29.9 Å². The summed E-state index contributed by atoms with van der Waals surface area (Å²) in [6.45, 7) is 8.27. The lowest BCUT2D eigenvalue weighted by atomic mass is 10.0. The Bertz CT molecular complexity index is 896. The number of nitrogens with one attached hydrogen (secondary N) is 1. The van der Waals surface area contributed by atoms with Crippen molar-refractivity contribution in [3.8, 4) is 0 Å². The fourth-order valence-electron chi connectivity index (χ4n) is 4.64. The highest BCUT2D eigenvalue weighted by Crippen LogP contribution is 2.30. The molecule has 2 aliphatic rings. The molecule has 2 saturated heterocycles. The number of nitrogens with zero attached hydrogens (tertiary/aromatic N) is 4. The lowest BCUT2D eigenvalue weighted by Gasteiger charge is -2.27. The van der Waals surface area contributed by atoms with Crippen molar-refractivity contribution in [3.63, 3.8) is 0 Å². The Morgan fingerprint density at radius 1 is 1.21 bits per heavy atom. The number of carbonyl (C=O) groups is 1. The summed E-state index contributed by atoms with van der Waals surface area (Å²) < 4.78 is 0. The van der Waals surface area contributed by atoms with E-state index in [1.165, 1.54) is 49.3 Å². The number of aliphatic hydroxyl groups is 1. The second-order valence-electron chi connectivity index (χ2n) is 9.61. The van der Waals surface area contributed by atoms with Gasteiger partial charge in [-0.15, -0.1) is 10.2 Å². The Hall–Kier alpha value is -2.03. The van der Waals surface area contributed by atoms with Crippen molar-refractivity contribution in [2.45, 2.75) is 71.6 Å². The molecule has 0 radical (unpaired) electrons. The van der Waals surface area contributed by atoms with Gasteiger partial charge in [0, 0.05) is 31.6 Å². The van der Waals surface area contributed by atoms with Gasteiger partial charge in [-0.2, -0.15) is 0 Å². The number of hydrogen-bond donors (Lipinski definition) is 2. The van der Waals surface area contributed by atoms with Crippen molar-refractivity contribution in [2.24, 2.45) is 11.8 Å². The Morgan fingerprint density at radius 2 is 1.97 bits per heavy atom. The number of aryl methyl sites for hydroxylation is 1. The third-order valence-corrected chi connectivity index (χ3v) is 7.91. The summed E-state index contributed by atoms with van der Waals surface area (Å²) >= 11 is 1.45. The maximum absolute atomic E-state index is 12.8. The van der Waals surface area contributed by atoms with Gasteiger partial charge in [-0.1, -0.05) is 50.2 Å². The molecule has 8 heteroatoms. The molecule has 0 bridgehead atoms. The number of aliphatic hydroxyl groups excluding tert-OH is 1. The maximum Gasteiger partial charge on any atom is 0.231 e. The Balaban J connectivity index is 1.29. The van der Waals surface area contributed by atoms with E-state index >= 15 is 0 Å². The molecule has 0 aliphatic carbocycles. The number of rotatable bonds is 9.